The van der Waals surface area contributed by atoms with Crippen LogP contribution in [-0.2, 0) is 4.79 Å². The van der Waals surface area contributed by atoms with Crippen molar-refractivity contribution in [1.29, 1.82) is 0 Å². The minimum Gasteiger partial charge on any atom is -0.549 e. The molecule has 0 radical (unpaired) electrons. The number of thiocarbonyl (C=S) groups is 1. The van der Waals surface area contributed by atoms with Gasteiger partial charge in [-0.2, -0.15) is 0 Å². The number of thioether (sulfide) groups is 1. The molecule has 0 aliphatic carbocycles. The minimum atomic E-state index is -1.08. The van der Waals surface area contributed by atoms with Crippen LogP contribution in [0.5, 0.6) is 0 Å². The molecule has 0 bridgehead atoms. The van der Waals surface area contributed by atoms with Gasteiger partial charge in [-0.3, -0.25) is 0 Å². The Morgan fingerprint density at radius 1 is 1.64 bits per heavy atom. The molecule has 0 spiro atoms. The Bertz CT molecular complexity index is 170. The van der Waals surface area contributed by atoms with Crippen molar-refractivity contribution < 1.29 is 9.90 Å². The number of carboxylic acid groups (broad SMARTS) is 1. The van der Waals surface area contributed by atoms with Gasteiger partial charge in [0, 0.05) is 19.3 Å². The zero-order chi connectivity index (χ0) is 9.02. The van der Waals surface area contributed by atoms with Gasteiger partial charge >= 0.3 is 0 Å². The number of hydrogen-bond donors (Lipinski definition) is 0. The Morgan fingerprint density at radius 2 is 2.09 bits per heavy atom. The lowest BCUT2D eigenvalue weighted by Gasteiger charge is -2.17. The fraction of sp³-hybridized carbons (Fsp3) is 0.667. The number of hydrogen-bond acceptors (Lipinski definition) is 4. The van der Waals surface area contributed by atoms with Crippen LogP contribution in [0.3, 0.4) is 0 Å². The van der Waals surface area contributed by atoms with E-state index in [0.29, 0.717) is 4.32 Å². The smallest absolute Gasteiger partial charge is 0.136 e. The summed E-state index contributed by atoms with van der Waals surface area (Å²) < 4.78 is 0.557. The third-order valence-electron chi connectivity index (χ3n) is 0.975. The molecule has 0 rings (SSSR count). The molecule has 0 fully saturated rings. The maximum atomic E-state index is 10.2. The van der Waals surface area contributed by atoms with E-state index in [0.717, 1.165) is 11.8 Å². The normalized spacial score (nSPS) is 12.3. The first-order chi connectivity index (χ1) is 4.95. The summed E-state index contributed by atoms with van der Waals surface area (Å²) in [6, 6.07) is 0. The molecule has 0 aromatic rings. The summed E-state index contributed by atoms with van der Waals surface area (Å²) in [5.74, 6) is -1.08. The Morgan fingerprint density at radius 3 is 2.36 bits per heavy atom. The third kappa shape index (κ3) is 4.21. The average molecular weight is 192 g/mol. The van der Waals surface area contributed by atoms with Crippen LogP contribution in [0.15, 0.2) is 0 Å². The van der Waals surface area contributed by atoms with Gasteiger partial charge in [0.2, 0.25) is 0 Å². The van der Waals surface area contributed by atoms with Crippen LogP contribution in [-0.4, -0.2) is 34.5 Å². The molecule has 3 nitrogen and oxygen atoms in total. The van der Waals surface area contributed by atoms with E-state index < -0.39 is 11.2 Å². The summed E-state index contributed by atoms with van der Waals surface area (Å²) in [7, 11) is 3.55. The molecule has 0 saturated heterocycles. The highest BCUT2D eigenvalue weighted by atomic mass is 32.2. The number of aliphatic carboxylic acids is 1. The molecular formula is C6H10NO2S2-. The highest BCUT2D eigenvalue weighted by molar-refractivity contribution is 8.23. The first-order valence-corrected chi connectivity index (χ1v) is 4.32. The zero-order valence-corrected chi connectivity index (χ0v) is 8.29. The number of nitrogens with zero attached hydrogens (tertiary/aromatic N) is 1. The predicted octanol–water partition coefficient (Wildman–Crippen LogP) is -0.296. The van der Waals surface area contributed by atoms with Crippen molar-refractivity contribution in [3.05, 3.63) is 0 Å². The monoisotopic (exact) mass is 192 g/mol. The number of rotatable bonds is 2. The topological polar surface area (TPSA) is 43.4 Å². The summed E-state index contributed by atoms with van der Waals surface area (Å²) in [6.07, 6.45) is 0. The van der Waals surface area contributed by atoms with Crippen LogP contribution >= 0.6 is 24.0 Å². The second kappa shape index (κ2) is 4.56. The van der Waals surface area contributed by atoms with Crippen LogP contribution in [0, 0.1) is 0 Å². The third-order valence-corrected chi connectivity index (χ3v) is 2.74. The van der Waals surface area contributed by atoms with Gasteiger partial charge in [-0.1, -0.05) is 24.0 Å². The van der Waals surface area contributed by atoms with E-state index in [1.54, 1.807) is 25.9 Å². The largest absolute Gasteiger partial charge is 0.549 e. The van der Waals surface area contributed by atoms with Crippen molar-refractivity contribution in [2.75, 3.05) is 14.1 Å². The zero-order valence-electron chi connectivity index (χ0n) is 6.66. The summed E-state index contributed by atoms with van der Waals surface area (Å²) in [4.78, 5) is 11.9. The summed E-state index contributed by atoms with van der Waals surface area (Å²) in [5.41, 5.74) is 0. The molecule has 0 aromatic heterocycles. The Balaban J connectivity index is 3.85. The first-order valence-electron chi connectivity index (χ1n) is 3.04. The maximum Gasteiger partial charge on any atom is 0.136 e. The molecule has 11 heavy (non-hydrogen) atoms. The second-order valence-corrected chi connectivity index (χ2v) is 4.21. The van der Waals surface area contributed by atoms with E-state index in [1.165, 1.54) is 0 Å². The summed E-state index contributed by atoms with van der Waals surface area (Å²) >= 11 is 5.98. The number of carbonyl (C=O) groups excluding carboxylic acids is 1. The molecule has 1 atom stereocenters. The predicted molar refractivity (Wildman–Crippen MR) is 48.3 cm³/mol. The van der Waals surface area contributed by atoms with Gasteiger partial charge in [-0.15, -0.1) is 0 Å². The van der Waals surface area contributed by atoms with Crippen LogP contribution < -0.4 is 5.11 Å². The fourth-order valence-electron chi connectivity index (χ4n) is 0.305. The second-order valence-electron chi connectivity index (χ2n) is 2.24. The van der Waals surface area contributed by atoms with Gasteiger partial charge in [0.1, 0.15) is 4.32 Å². The lowest BCUT2D eigenvalue weighted by atomic mass is 10.5. The van der Waals surface area contributed by atoms with Gasteiger partial charge in [-0.25, -0.2) is 0 Å². The summed E-state index contributed by atoms with van der Waals surface area (Å²) in [6.45, 7) is 1.55. The molecule has 0 amide bonds. The van der Waals surface area contributed by atoms with E-state index in [-0.39, 0.29) is 0 Å². The number of carbonyl (C=O) groups is 1. The van der Waals surface area contributed by atoms with Gasteiger partial charge in [-0.05, 0) is 6.92 Å². The van der Waals surface area contributed by atoms with Crippen molar-refractivity contribution in [2.45, 2.75) is 12.2 Å². The first kappa shape index (κ1) is 10.7. The van der Waals surface area contributed by atoms with Crippen LogP contribution in [0.25, 0.3) is 0 Å². The quantitative estimate of drug-likeness (QED) is 0.562. The van der Waals surface area contributed by atoms with E-state index >= 15 is 0 Å². The van der Waals surface area contributed by atoms with Crippen LogP contribution in [0.4, 0.5) is 0 Å². The van der Waals surface area contributed by atoms with Crippen molar-refractivity contribution in [1.82, 2.24) is 4.90 Å². The lowest BCUT2D eigenvalue weighted by Crippen LogP contribution is -2.33. The van der Waals surface area contributed by atoms with Gasteiger partial charge in [0.25, 0.3) is 0 Å². The van der Waals surface area contributed by atoms with Gasteiger partial charge < -0.3 is 14.8 Å². The minimum absolute atomic E-state index is 0.557. The molecule has 0 aliphatic heterocycles. The van der Waals surface area contributed by atoms with Gasteiger partial charge in [0.15, 0.2) is 0 Å². The standard InChI is InChI=1S/C6H11NO2S2/c1-4(5(8)9)11-6(10)7(2)3/h4H,1-3H3,(H,8,9)/p-1. The van der Waals surface area contributed by atoms with E-state index in [9.17, 15) is 9.90 Å². The van der Waals surface area contributed by atoms with Crippen molar-refractivity contribution >= 4 is 34.3 Å². The molecule has 1 unspecified atom stereocenters. The number of carboxylic acids is 1. The highest BCUT2D eigenvalue weighted by Gasteiger charge is 2.07. The molecule has 5 heteroatoms. The van der Waals surface area contributed by atoms with E-state index in [4.69, 9.17) is 12.2 Å². The Hall–Kier alpha value is -0.290. The maximum absolute atomic E-state index is 10.2. The highest BCUT2D eigenvalue weighted by Crippen LogP contribution is 2.13. The van der Waals surface area contributed by atoms with Gasteiger partial charge in [0.05, 0.1) is 5.97 Å². The van der Waals surface area contributed by atoms with Crippen LogP contribution in [0.2, 0.25) is 0 Å². The molecule has 0 aliphatic rings. The van der Waals surface area contributed by atoms with Crippen molar-refractivity contribution in [3.8, 4) is 0 Å². The molecule has 0 N–H and O–H groups in total. The fourth-order valence-corrected chi connectivity index (χ4v) is 1.35. The van der Waals surface area contributed by atoms with Crippen molar-refractivity contribution in [2.24, 2.45) is 0 Å². The average Bonchev–Trinajstić information content (AvgIpc) is 1.87. The molecule has 0 saturated carbocycles. The molecule has 64 valence electrons. The Kier molecular flexibility index (Phi) is 4.44. The lowest BCUT2D eigenvalue weighted by molar-refractivity contribution is -0.304. The SMILES string of the molecule is CC(SC(=S)N(C)C)C(=O)[O-]. The molecular weight excluding hydrogens is 182 g/mol. The van der Waals surface area contributed by atoms with E-state index in [2.05, 4.69) is 0 Å². The molecule has 0 aromatic carbocycles. The van der Waals surface area contributed by atoms with Crippen LogP contribution in [0.1, 0.15) is 6.92 Å². The van der Waals surface area contributed by atoms with E-state index in [1.807, 2.05) is 0 Å². The molecule has 0 heterocycles. The Labute approximate surface area is 75.8 Å². The van der Waals surface area contributed by atoms with Crippen molar-refractivity contribution in [3.63, 3.8) is 0 Å². The summed E-state index contributed by atoms with van der Waals surface area (Å²) in [5, 5.41) is 9.67.